The Bertz CT molecular complexity index is 1440. The van der Waals surface area contributed by atoms with Crippen molar-refractivity contribution in [2.24, 2.45) is 0 Å². The normalized spacial score (nSPS) is 20.8. The maximum atomic E-state index is 12.6. The minimum Gasteiger partial charge on any atom is -0.506 e. The summed E-state index contributed by atoms with van der Waals surface area (Å²) in [5.74, 6) is -0.912. The van der Waals surface area contributed by atoms with E-state index in [0.29, 0.717) is 5.57 Å². The molecule has 2 aliphatic heterocycles. The third-order valence-corrected chi connectivity index (χ3v) is 8.56. The Morgan fingerprint density at radius 3 is 2.03 bits per heavy atom. The van der Waals surface area contributed by atoms with Gasteiger partial charge < -0.3 is 5.11 Å². The molecule has 0 bridgehead atoms. The van der Waals surface area contributed by atoms with Crippen LogP contribution in [0.5, 0.6) is 0 Å². The van der Waals surface area contributed by atoms with E-state index in [2.05, 4.69) is 0 Å². The Hall–Kier alpha value is -3.23. The Balaban J connectivity index is 1.66. The fourth-order valence-corrected chi connectivity index (χ4v) is 6.45. The first-order chi connectivity index (χ1) is 14.2. The summed E-state index contributed by atoms with van der Waals surface area (Å²) in [6.07, 6.45) is 5.32. The van der Waals surface area contributed by atoms with Gasteiger partial charge in [0, 0.05) is 11.1 Å². The van der Waals surface area contributed by atoms with Crippen molar-refractivity contribution in [1.29, 1.82) is 0 Å². The van der Waals surface area contributed by atoms with Gasteiger partial charge in [-0.3, -0.25) is 4.79 Å². The molecule has 1 N–H and O–H groups in total. The summed E-state index contributed by atoms with van der Waals surface area (Å²) in [6.45, 7) is 1.62. The van der Waals surface area contributed by atoms with Gasteiger partial charge in [-0.2, -0.15) is 0 Å². The van der Waals surface area contributed by atoms with Gasteiger partial charge in [-0.25, -0.2) is 16.8 Å². The fourth-order valence-electron chi connectivity index (χ4n) is 3.34. The van der Waals surface area contributed by atoms with Crippen molar-refractivity contribution in [3.63, 3.8) is 0 Å². The summed E-state index contributed by atoms with van der Waals surface area (Å²) in [6, 6.07) is 12.1. The Labute approximate surface area is 174 Å². The summed E-state index contributed by atoms with van der Waals surface area (Å²) in [5.41, 5.74) is 0.865. The maximum absolute atomic E-state index is 12.6. The molecule has 30 heavy (non-hydrogen) atoms. The number of ketones is 1. The number of hydrogen-bond donors (Lipinski definition) is 1. The van der Waals surface area contributed by atoms with Gasteiger partial charge in [0.2, 0.25) is 25.5 Å². The molecule has 0 amide bonds. The summed E-state index contributed by atoms with van der Waals surface area (Å²) >= 11 is 0. The highest BCUT2D eigenvalue weighted by atomic mass is 32.2. The van der Waals surface area contributed by atoms with Crippen molar-refractivity contribution in [2.75, 3.05) is 0 Å². The number of rotatable bonds is 3. The van der Waals surface area contributed by atoms with Crippen molar-refractivity contribution in [2.45, 2.75) is 16.7 Å². The lowest BCUT2D eigenvalue weighted by atomic mass is 10.1. The zero-order valence-corrected chi connectivity index (χ0v) is 17.4. The van der Waals surface area contributed by atoms with E-state index < -0.39 is 25.5 Å². The zero-order valence-electron chi connectivity index (χ0n) is 15.7. The Morgan fingerprint density at radius 2 is 1.43 bits per heavy atom. The van der Waals surface area contributed by atoms with E-state index in [-0.39, 0.29) is 36.5 Å². The van der Waals surface area contributed by atoms with Crippen LogP contribution in [0.1, 0.15) is 22.8 Å². The standard InChI is InChI=1S/C22H16O6S2/c1-14(10-12-19-21(23)15-6-2-4-8-17(15)29(19,25)26)11-13-20-22(24)16-7-3-5-9-18(16)30(20,27)28/h2-13,23H,1H3/b12-10+,14-11+,20-13-. The van der Waals surface area contributed by atoms with E-state index in [0.717, 1.165) is 0 Å². The predicted molar refractivity (Wildman–Crippen MR) is 112 cm³/mol. The number of carbonyl (C=O) groups excluding carboxylic acids is 1. The monoisotopic (exact) mass is 440 g/mol. The summed E-state index contributed by atoms with van der Waals surface area (Å²) in [7, 11) is -7.72. The molecule has 0 fully saturated rings. The van der Waals surface area contributed by atoms with Crippen molar-refractivity contribution >= 4 is 31.2 Å². The average Bonchev–Trinajstić information content (AvgIpc) is 3.04. The van der Waals surface area contributed by atoms with Gasteiger partial charge in [-0.05, 0) is 43.3 Å². The van der Waals surface area contributed by atoms with Gasteiger partial charge in [0.05, 0.1) is 9.79 Å². The van der Waals surface area contributed by atoms with Gasteiger partial charge in [0.15, 0.2) is 0 Å². The maximum Gasteiger partial charge on any atom is 0.211 e. The minimum atomic E-state index is -3.89. The number of benzene rings is 2. The third-order valence-electron chi connectivity index (χ3n) is 4.88. The molecule has 4 rings (SSSR count). The lowest BCUT2D eigenvalue weighted by Gasteiger charge is -1.98. The smallest absolute Gasteiger partial charge is 0.211 e. The van der Waals surface area contributed by atoms with Crippen LogP contribution >= 0.6 is 0 Å². The van der Waals surface area contributed by atoms with Crippen LogP contribution in [-0.2, 0) is 19.7 Å². The number of sulfone groups is 2. The van der Waals surface area contributed by atoms with Crippen molar-refractivity contribution in [3.8, 4) is 0 Å². The second-order valence-electron chi connectivity index (χ2n) is 6.82. The Morgan fingerprint density at radius 1 is 0.867 bits per heavy atom. The van der Waals surface area contributed by atoms with Gasteiger partial charge in [-0.1, -0.05) is 42.0 Å². The average molecular weight is 440 g/mol. The summed E-state index contributed by atoms with van der Waals surface area (Å²) in [5, 5.41) is 10.3. The highest BCUT2D eigenvalue weighted by Crippen LogP contribution is 2.38. The van der Waals surface area contributed by atoms with Crippen molar-refractivity contribution in [1.82, 2.24) is 0 Å². The van der Waals surface area contributed by atoms with E-state index in [1.165, 1.54) is 48.6 Å². The number of allylic oxidation sites excluding steroid dienone is 6. The number of fused-ring (bicyclic) bond motifs is 2. The number of carbonyl (C=O) groups is 1. The molecular weight excluding hydrogens is 424 g/mol. The van der Waals surface area contributed by atoms with Gasteiger partial charge >= 0.3 is 0 Å². The Kier molecular flexibility index (Phi) is 4.63. The molecule has 0 aliphatic carbocycles. The van der Waals surface area contributed by atoms with Crippen LogP contribution in [0.25, 0.3) is 5.76 Å². The molecule has 2 aromatic rings. The second kappa shape index (κ2) is 6.93. The molecule has 0 unspecified atom stereocenters. The lowest BCUT2D eigenvalue weighted by molar-refractivity contribution is 0.104. The third kappa shape index (κ3) is 2.96. The number of Topliss-reactive ketones (excluding diaryl/α,β-unsaturated/α-hetero) is 1. The predicted octanol–water partition coefficient (Wildman–Crippen LogP) is 3.76. The fraction of sp³-hybridized carbons (Fsp3) is 0.0455. The molecule has 0 saturated heterocycles. The van der Waals surface area contributed by atoms with Crippen molar-refractivity contribution in [3.05, 3.63) is 99.3 Å². The molecule has 2 aromatic carbocycles. The highest BCUT2D eigenvalue weighted by Gasteiger charge is 2.38. The molecular formula is C22H16O6S2. The molecule has 0 radical (unpaired) electrons. The number of aliphatic hydroxyl groups is 1. The van der Waals surface area contributed by atoms with Crippen LogP contribution in [0.2, 0.25) is 0 Å². The molecule has 2 heterocycles. The first-order valence-corrected chi connectivity index (χ1v) is 11.9. The largest absolute Gasteiger partial charge is 0.506 e. The van der Waals surface area contributed by atoms with Crippen molar-refractivity contribution < 1.29 is 26.7 Å². The first-order valence-electron chi connectivity index (χ1n) is 8.89. The van der Waals surface area contributed by atoms with Crippen LogP contribution in [0.4, 0.5) is 0 Å². The molecule has 152 valence electrons. The van der Waals surface area contributed by atoms with Crippen LogP contribution in [0, 0.1) is 0 Å². The van der Waals surface area contributed by atoms with Gasteiger partial charge in [0.25, 0.3) is 0 Å². The van der Waals surface area contributed by atoms with Gasteiger partial charge in [0.1, 0.15) is 15.6 Å². The van der Waals surface area contributed by atoms with E-state index in [1.807, 2.05) is 0 Å². The number of hydrogen-bond acceptors (Lipinski definition) is 6. The molecule has 0 aromatic heterocycles. The minimum absolute atomic E-state index is 0.0206. The van der Waals surface area contributed by atoms with Crippen LogP contribution < -0.4 is 0 Å². The van der Waals surface area contributed by atoms with Crippen LogP contribution in [-0.4, -0.2) is 27.7 Å². The lowest BCUT2D eigenvalue weighted by Crippen LogP contribution is -2.01. The second-order valence-corrected chi connectivity index (χ2v) is 10.6. The van der Waals surface area contributed by atoms with E-state index in [4.69, 9.17) is 0 Å². The molecule has 2 aliphatic rings. The molecule has 0 spiro atoms. The first kappa shape index (κ1) is 20.1. The quantitative estimate of drug-likeness (QED) is 0.576. The molecule has 0 saturated carbocycles. The molecule has 0 atom stereocenters. The van der Waals surface area contributed by atoms with Crippen LogP contribution in [0.15, 0.2) is 98.0 Å². The van der Waals surface area contributed by atoms with Crippen LogP contribution in [0.3, 0.4) is 0 Å². The summed E-state index contributed by atoms with van der Waals surface area (Å²) < 4.78 is 50.4. The van der Waals surface area contributed by atoms with E-state index in [1.54, 1.807) is 31.2 Å². The summed E-state index contributed by atoms with van der Waals surface area (Å²) in [4.78, 5) is 11.9. The molecule has 6 nitrogen and oxygen atoms in total. The number of aliphatic hydroxyl groups excluding tert-OH is 1. The van der Waals surface area contributed by atoms with E-state index >= 15 is 0 Å². The SMILES string of the molecule is CC(/C=C/C1=C(O)c2ccccc2S1(=O)=O)=C\C=C1\C(=O)c2ccccc2S1(=O)=O. The topological polar surface area (TPSA) is 106 Å². The zero-order chi connectivity index (χ0) is 21.7. The van der Waals surface area contributed by atoms with Gasteiger partial charge in [-0.15, -0.1) is 0 Å². The van der Waals surface area contributed by atoms with E-state index in [9.17, 15) is 26.7 Å². The molecule has 8 heteroatoms. The highest BCUT2D eigenvalue weighted by molar-refractivity contribution is 7.97.